The lowest BCUT2D eigenvalue weighted by Gasteiger charge is -2.09. The van der Waals surface area contributed by atoms with Gasteiger partial charge in [0.25, 0.3) is 0 Å². The smallest absolute Gasteiger partial charge is 0.114 e. The Balaban J connectivity index is 1.93. The Labute approximate surface area is 115 Å². The summed E-state index contributed by atoms with van der Waals surface area (Å²) in [7, 11) is -1.14. The number of hydrogen-bond acceptors (Lipinski definition) is 1. The van der Waals surface area contributed by atoms with Crippen molar-refractivity contribution in [2.24, 2.45) is 0 Å². The molecule has 0 aliphatic carbocycles. The van der Waals surface area contributed by atoms with E-state index in [-0.39, 0.29) is 4.71 Å². The molecule has 2 aromatic carbocycles. The summed E-state index contributed by atoms with van der Waals surface area (Å²) in [6.07, 6.45) is 1.57. The average Bonchev–Trinajstić information content (AvgIpc) is 2.46. The van der Waals surface area contributed by atoms with E-state index in [1.54, 1.807) is 0 Å². The SMILES string of the molecule is O=S(c1ccccc1)C(Cl)CCc1ccccc1. The molecule has 0 heterocycles. The van der Waals surface area contributed by atoms with Crippen molar-refractivity contribution in [1.82, 2.24) is 0 Å². The summed E-state index contributed by atoms with van der Waals surface area (Å²) in [5.74, 6) is 0. The molecule has 2 aromatic rings. The van der Waals surface area contributed by atoms with Crippen molar-refractivity contribution in [3.05, 3.63) is 66.2 Å². The van der Waals surface area contributed by atoms with Crippen LogP contribution in [0.4, 0.5) is 0 Å². The van der Waals surface area contributed by atoms with Crippen LogP contribution in [0.25, 0.3) is 0 Å². The lowest BCUT2D eigenvalue weighted by molar-refractivity contribution is 0.676. The van der Waals surface area contributed by atoms with Crippen LogP contribution >= 0.6 is 11.6 Å². The molecular formula is C15H15ClOS. The van der Waals surface area contributed by atoms with Crippen LogP contribution in [-0.4, -0.2) is 8.92 Å². The van der Waals surface area contributed by atoms with Gasteiger partial charge in [0, 0.05) is 4.90 Å². The monoisotopic (exact) mass is 278 g/mol. The minimum absolute atomic E-state index is 0.340. The fourth-order valence-corrected chi connectivity index (χ4v) is 3.20. The minimum Gasteiger partial charge on any atom is -0.253 e. The molecule has 2 rings (SSSR count). The quantitative estimate of drug-likeness (QED) is 0.756. The highest BCUT2D eigenvalue weighted by Crippen LogP contribution is 2.18. The second-order valence-corrected chi connectivity index (χ2v) is 6.47. The van der Waals surface area contributed by atoms with Crippen LogP contribution in [0.2, 0.25) is 0 Å². The summed E-state index contributed by atoms with van der Waals surface area (Å²) in [6.45, 7) is 0. The molecular weight excluding hydrogens is 264 g/mol. The van der Waals surface area contributed by atoms with Gasteiger partial charge in [-0.3, -0.25) is 4.21 Å². The van der Waals surface area contributed by atoms with E-state index in [1.165, 1.54) is 5.56 Å². The fourth-order valence-electron chi connectivity index (χ4n) is 1.73. The van der Waals surface area contributed by atoms with Crippen LogP contribution in [0, 0.1) is 0 Å². The lowest BCUT2D eigenvalue weighted by Crippen LogP contribution is -2.09. The Hall–Kier alpha value is -1.12. The first kappa shape index (κ1) is 13.3. The number of hydrogen-bond donors (Lipinski definition) is 0. The van der Waals surface area contributed by atoms with Crippen LogP contribution in [0.3, 0.4) is 0 Å². The van der Waals surface area contributed by atoms with Crippen molar-refractivity contribution in [2.75, 3.05) is 0 Å². The highest BCUT2D eigenvalue weighted by Gasteiger charge is 2.14. The molecule has 0 bridgehead atoms. The number of benzene rings is 2. The maximum Gasteiger partial charge on any atom is 0.114 e. The van der Waals surface area contributed by atoms with Crippen molar-refractivity contribution in [1.29, 1.82) is 0 Å². The lowest BCUT2D eigenvalue weighted by atomic mass is 10.1. The molecule has 2 unspecified atom stereocenters. The average molecular weight is 279 g/mol. The number of aryl methyl sites for hydroxylation is 1. The molecule has 0 N–H and O–H groups in total. The van der Waals surface area contributed by atoms with E-state index in [9.17, 15) is 4.21 Å². The maximum atomic E-state index is 12.1. The van der Waals surface area contributed by atoms with Crippen molar-refractivity contribution in [2.45, 2.75) is 22.4 Å². The molecule has 94 valence electrons. The molecule has 0 radical (unpaired) electrons. The van der Waals surface area contributed by atoms with E-state index >= 15 is 0 Å². The molecule has 0 aliphatic heterocycles. The normalized spacial score (nSPS) is 14.1. The summed E-state index contributed by atoms with van der Waals surface area (Å²) >= 11 is 6.22. The van der Waals surface area contributed by atoms with E-state index in [0.717, 1.165) is 11.3 Å². The zero-order valence-corrected chi connectivity index (χ0v) is 11.5. The summed E-state index contributed by atoms with van der Waals surface area (Å²) in [4.78, 5) is 0.797. The van der Waals surface area contributed by atoms with E-state index in [2.05, 4.69) is 12.1 Å². The van der Waals surface area contributed by atoms with Gasteiger partial charge in [0.2, 0.25) is 0 Å². The van der Waals surface area contributed by atoms with Gasteiger partial charge in [-0.1, -0.05) is 48.5 Å². The summed E-state index contributed by atoms with van der Waals surface area (Å²) < 4.78 is 11.8. The van der Waals surface area contributed by atoms with Gasteiger partial charge in [-0.15, -0.1) is 11.6 Å². The van der Waals surface area contributed by atoms with Crippen LogP contribution in [0.1, 0.15) is 12.0 Å². The van der Waals surface area contributed by atoms with Gasteiger partial charge in [-0.25, -0.2) is 0 Å². The third kappa shape index (κ3) is 3.69. The standard InChI is InChI=1S/C15H15ClOS/c16-15(12-11-13-7-3-1-4-8-13)18(17)14-9-5-2-6-10-14/h1-10,15H,11-12H2. The Morgan fingerprint density at radius 2 is 1.50 bits per heavy atom. The molecule has 0 saturated carbocycles. The van der Waals surface area contributed by atoms with E-state index < -0.39 is 10.8 Å². The Kier molecular flexibility index (Phi) is 4.97. The zero-order valence-electron chi connectivity index (χ0n) is 9.96. The predicted molar refractivity (Wildman–Crippen MR) is 77.3 cm³/mol. The molecule has 0 saturated heterocycles. The first-order valence-corrected chi connectivity index (χ1v) is 7.56. The fraction of sp³-hybridized carbons (Fsp3) is 0.200. The predicted octanol–water partition coefficient (Wildman–Crippen LogP) is 3.99. The molecule has 3 heteroatoms. The largest absolute Gasteiger partial charge is 0.253 e. The highest BCUT2D eigenvalue weighted by molar-refractivity contribution is 7.87. The van der Waals surface area contributed by atoms with Crippen LogP contribution < -0.4 is 0 Å². The molecule has 0 aromatic heterocycles. The Morgan fingerprint density at radius 3 is 2.11 bits per heavy atom. The second kappa shape index (κ2) is 6.72. The topological polar surface area (TPSA) is 17.1 Å². The van der Waals surface area contributed by atoms with Crippen molar-refractivity contribution in [3.63, 3.8) is 0 Å². The van der Waals surface area contributed by atoms with Crippen LogP contribution in [0.15, 0.2) is 65.6 Å². The van der Waals surface area contributed by atoms with Crippen molar-refractivity contribution >= 4 is 22.4 Å². The maximum absolute atomic E-state index is 12.1. The van der Waals surface area contributed by atoms with Gasteiger partial charge in [0.05, 0.1) is 10.8 Å². The Bertz CT molecular complexity index is 498. The van der Waals surface area contributed by atoms with Crippen molar-refractivity contribution in [3.8, 4) is 0 Å². The number of halogens is 1. The first-order valence-electron chi connectivity index (χ1n) is 5.91. The number of alkyl halides is 1. The van der Waals surface area contributed by atoms with Gasteiger partial charge in [0.1, 0.15) is 4.71 Å². The molecule has 0 amide bonds. The van der Waals surface area contributed by atoms with Gasteiger partial charge < -0.3 is 0 Å². The molecule has 0 spiro atoms. The number of rotatable bonds is 5. The third-order valence-electron chi connectivity index (χ3n) is 2.71. The molecule has 1 nitrogen and oxygen atoms in total. The van der Waals surface area contributed by atoms with E-state index in [0.29, 0.717) is 6.42 Å². The zero-order chi connectivity index (χ0) is 12.8. The summed E-state index contributed by atoms with van der Waals surface area (Å²) in [5, 5.41) is 0. The van der Waals surface area contributed by atoms with Crippen molar-refractivity contribution < 1.29 is 4.21 Å². The molecule has 18 heavy (non-hydrogen) atoms. The minimum atomic E-state index is -1.14. The molecule has 2 atom stereocenters. The Morgan fingerprint density at radius 1 is 0.944 bits per heavy atom. The van der Waals surface area contributed by atoms with Crippen LogP contribution in [-0.2, 0) is 17.2 Å². The second-order valence-electron chi connectivity index (χ2n) is 4.04. The molecule has 0 aliphatic rings. The third-order valence-corrected chi connectivity index (χ3v) is 4.85. The molecule has 0 fully saturated rings. The first-order chi connectivity index (χ1) is 8.77. The van der Waals surface area contributed by atoms with E-state index in [1.807, 2.05) is 48.5 Å². The van der Waals surface area contributed by atoms with Crippen LogP contribution in [0.5, 0.6) is 0 Å². The summed E-state index contributed by atoms with van der Waals surface area (Å²) in [6, 6.07) is 19.5. The van der Waals surface area contributed by atoms with Gasteiger partial charge >= 0.3 is 0 Å². The van der Waals surface area contributed by atoms with Gasteiger partial charge in [0.15, 0.2) is 0 Å². The van der Waals surface area contributed by atoms with Gasteiger partial charge in [-0.2, -0.15) is 0 Å². The summed E-state index contributed by atoms with van der Waals surface area (Å²) in [5.41, 5.74) is 1.23. The highest BCUT2D eigenvalue weighted by atomic mass is 35.5. The van der Waals surface area contributed by atoms with Gasteiger partial charge in [-0.05, 0) is 30.5 Å². The van der Waals surface area contributed by atoms with E-state index in [4.69, 9.17) is 11.6 Å².